The lowest BCUT2D eigenvalue weighted by molar-refractivity contribution is -0.140. The van der Waals surface area contributed by atoms with Gasteiger partial charge in [-0.15, -0.1) is 0 Å². The molecule has 2 aromatic carbocycles. The molecule has 0 aliphatic rings. The zero-order chi connectivity index (χ0) is 29.9. The number of amides is 1. The molecule has 0 aliphatic heterocycles. The molecular weight excluding hydrogens is 576 g/mol. The van der Waals surface area contributed by atoms with Gasteiger partial charge in [0.1, 0.15) is 24.0 Å². The Morgan fingerprint density at radius 3 is 2.13 bits per heavy atom. The molecule has 0 saturated carbocycles. The molecule has 39 heavy (non-hydrogen) atoms. The summed E-state index contributed by atoms with van der Waals surface area (Å²) in [5.74, 6) is -9.21. The highest BCUT2D eigenvalue weighted by atomic mass is 35.5. The number of ketones is 1. The molecular formula is C24H18ClF10NO3. The summed E-state index contributed by atoms with van der Waals surface area (Å²) in [4.78, 5) is 24.2. The second kappa shape index (κ2) is 11.8. The van der Waals surface area contributed by atoms with Gasteiger partial charge in [-0.2, -0.15) is 39.5 Å². The highest BCUT2D eigenvalue weighted by Crippen LogP contribution is 2.41. The van der Waals surface area contributed by atoms with Crippen LogP contribution in [0.3, 0.4) is 0 Å². The van der Waals surface area contributed by atoms with Crippen molar-refractivity contribution in [3.8, 4) is 5.75 Å². The zero-order valence-corrected chi connectivity index (χ0v) is 20.3. The molecule has 0 radical (unpaired) electrons. The van der Waals surface area contributed by atoms with Gasteiger partial charge in [-0.3, -0.25) is 9.59 Å². The van der Waals surface area contributed by atoms with E-state index >= 15 is 0 Å². The Bertz CT molecular complexity index is 1230. The number of halogens is 11. The third-order valence-corrected chi connectivity index (χ3v) is 5.45. The summed E-state index contributed by atoms with van der Waals surface area (Å²) >= 11 is 5.64. The van der Waals surface area contributed by atoms with Gasteiger partial charge < -0.3 is 10.4 Å². The number of aromatic hydroxyl groups is 1. The third kappa shape index (κ3) is 9.15. The maximum absolute atomic E-state index is 14.9. The maximum Gasteiger partial charge on any atom is 0.417 e. The summed E-state index contributed by atoms with van der Waals surface area (Å²) in [5, 5.41) is 10.7. The second-order valence-corrected chi connectivity index (χ2v) is 8.83. The predicted octanol–water partition coefficient (Wildman–Crippen LogP) is 7.61. The SMILES string of the molecule is C[C@@H](CC(=O)c1ccc(/C(F)=C/C(c2cc(O)cc(Cl)c2)C(F)(F)F)cc1C(F)(F)F)C(=O)NCC(F)(F)F. The van der Waals surface area contributed by atoms with Crippen molar-refractivity contribution >= 4 is 29.1 Å². The van der Waals surface area contributed by atoms with E-state index in [1.165, 1.54) is 5.32 Å². The minimum atomic E-state index is -5.30. The van der Waals surface area contributed by atoms with E-state index < -0.39 is 88.9 Å². The summed E-state index contributed by atoms with van der Waals surface area (Å²) in [5.41, 5.74) is -4.49. The zero-order valence-electron chi connectivity index (χ0n) is 19.5. The first kappa shape index (κ1) is 31.9. The first-order chi connectivity index (χ1) is 17.7. The Labute approximate surface area is 219 Å². The van der Waals surface area contributed by atoms with E-state index in [-0.39, 0.29) is 17.2 Å². The van der Waals surface area contributed by atoms with Gasteiger partial charge in [-0.25, -0.2) is 4.39 Å². The van der Waals surface area contributed by atoms with Crippen molar-refractivity contribution in [1.82, 2.24) is 5.32 Å². The Hall–Kier alpha value is -3.29. The van der Waals surface area contributed by atoms with Crippen LogP contribution in [-0.4, -0.2) is 35.7 Å². The maximum atomic E-state index is 14.9. The lowest BCUT2D eigenvalue weighted by atomic mass is 9.92. The number of phenolic OH excluding ortho intramolecular Hbond substituents is 1. The van der Waals surface area contributed by atoms with Crippen molar-refractivity contribution in [3.63, 3.8) is 0 Å². The molecule has 0 bridgehead atoms. The van der Waals surface area contributed by atoms with Gasteiger partial charge in [0, 0.05) is 28.5 Å². The van der Waals surface area contributed by atoms with Crippen molar-refractivity contribution in [2.24, 2.45) is 5.92 Å². The number of nitrogens with one attached hydrogen (secondary N) is 1. The van der Waals surface area contributed by atoms with Crippen LogP contribution in [0.4, 0.5) is 43.9 Å². The highest BCUT2D eigenvalue weighted by molar-refractivity contribution is 6.30. The van der Waals surface area contributed by atoms with Crippen LogP contribution in [0.25, 0.3) is 5.83 Å². The third-order valence-electron chi connectivity index (χ3n) is 5.23. The standard InChI is InChI=1S/C24H18ClF10NO3/c1-11(21(39)36-10-22(27,28)29)4-20(38)16-3-2-12(7-18(16)24(33,34)35)19(26)9-17(23(30,31)32)13-5-14(25)8-15(37)6-13/h2-3,5-9,11,17,37H,4,10H2,1H3,(H,36,39)/b19-9-/t11-,17?/m0/s1. The highest BCUT2D eigenvalue weighted by Gasteiger charge is 2.41. The topological polar surface area (TPSA) is 66.4 Å². The minimum Gasteiger partial charge on any atom is -0.508 e. The van der Waals surface area contributed by atoms with E-state index in [2.05, 4.69) is 0 Å². The van der Waals surface area contributed by atoms with E-state index in [0.717, 1.165) is 19.1 Å². The molecule has 1 unspecified atom stereocenters. The lowest BCUT2D eigenvalue weighted by Crippen LogP contribution is -2.37. The fraction of sp³-hybridized carbons (Fsp3) is 0.333. The number of alkyl halides is 9. The molecule has 1 amide bonds. The number of hydrogen-bond acceptors (Lipinski definition) is 3. The van der Waals surface area contributed by atoms with Gasteiger partial charge in [0.05, 0.1) is 5.56 Å². The Balaban J connectivity index is 2.43. The Morgan fingerprint density at radius 1 is 1.00 bits per heavy atom. The van der Waals surface area contributed by atoms with Crippen molar-refractivity contribution < 1.29 is 58.6 Å². The molecule has 4 nitrogen and oxygen atoms in total. The number of allylic oxidation sites excluding steroid dienone is 1. The fourth-order valence-electron chi connectivity index (χ4n) is 3.41. The summed E-state index contributed by atoms with van der Waals surface area (Å²) in [6.07, 6.45) is -16.2. The van der Waals surface area contributed by atoms with Crippen LogP contribution in [0, 0.1) is 5.92 Å². The van der Waals surface area contributed by atoms with Crippen LogP contribution in [-0.2, 0) is 11.0 Å². The molecule has 0 heterocycles. The van der Waals surface area contributed by atoms with Crippen molar-refractivity contribution in [3.05, 3.63) is 69.8 Å². The smallest absolute Gasteiger partial charge is 0.417 e. The molecule has 0 fully saturated rings. The molecule has 2 aromatic rings. The van der Waals surface area contributed by atoms with E-state index in [9.17, 15) is 58.6 Å². The molecule has 2 rings (SSSR count). The largest absolute Gasteiger partial charge is 0.508 e. The molecule has 0 aromatic heterocycles. The Morgan fingerprint density at radius 2 is 1.62 bits per heavy atom. The van der Waals surface area contributed by atoms with Crippen molar-refractivity contribution in [1.29, 1.82) is 0 Å². The number of carbonyl (C=O) groups is 2. The van der Waals surface area contributed by atoms with Crippen LogP contribution >= 0.6 is 11.6 Å². The number of hydrogen-bond donors (Lipinski definition) is 2. The number of Topliss-reactive ketones (excluding diaryl/α,β-unsaturated/α-hetero) is 1. The molecule has 15 heteroatoms. The molecule has 0 aliphatic carbocycles. The average Bonchev–Trinajstić information content (AvgIpc) is 2.77. The summed E-state index contributed by atoms with van der Waals surface area (Å²) in [7, 11) is 0. The van der Waals surface area contributed by atoms with Gasteiger partial charge in [0.2, 0.25) is 5.91 Å². The normalized spacial score (nSPS) is 14.6. The first-order valence-electron chi connectivity index (χ1n) is 10.7. The van der Waals surface area contributed by atoms with Crippen LogP contribution in [0.1, 0.15) is 46.3 Å². The molecule has 214 valence electrons. The quantitative estimate of drug-likeness (QED) is 0.245. The van der Waals surface area contributed by atoms with Crippen molar-refractivity contribution in [2.45, 2.75) is 37.8 Å². The molecule has 0 saturated heterocycles. The van der Waals surface area contributed by atoms with Gasteiger partial charge in [-0.1, -0.05) is 30.7 Å². The summed E-state index contributed by atoms with van der Waals surface area (Å²) in [6, 6.07) is 3.51. The number of carbonyl (C=O) groups excluding carboxylic acids is 2. The summed E-state index contributed by atoms with van der Waals surface area (Å²) in [6.45, 7) is -0.731. The fourth-order valence-corrected chi connectivity index (χ4v) is 3.65. The average molecular weight is 594 g/mol. The van der Waals surface area contributed by atoms with Gasteiger partial charge in [-0.05, 0) is 35.9 Å². The molecule has 0 spiro atoms. The second-order valence-electron chi connectivity index (χ2n) is 8.40. The monoisotopic (exact) mass is 593 g/mol. The van der Waals surface area contributed by atoms with Crippen LogP contribution in [0.5, 0.6) is 5.75 Å². The van der Waals surface area contributed by atoms with E-state index in [1.807, 2.05) is 0 Å². The Kier molecular flexibility index (Phi) is 9.69. The van der Waals surface area contributed by atoms with Gasteiger partial charge >= 0.3 is 18.5 Å². The number of rotatable bonds is 8. The van der Waals surface area contributed by atoms with Crippen molar-refractivity contribution in [2.75, 3.05) is 6.54 Å². The summed E-state index contributed by atoms with van der Waals surface area (Å²) < 4.78 is 134. The van der Waals surface area contributed by atoms with Gasteiger partial charge in [0.15, 0.2) is 5.78 Å². The van der Waals surface area contributed by atoms with E-state index in [0.29, 0.717) is 18.2 Å². The van der Waals surface area contributed by atoms with Gasteiger partial charge in [0.25, 0.3) is 0 Å². The van der Waals surface area contributed by atoms with Crippen LogP contribution in [0.2, 0.25) is 5.02 Å². The first-order valence-corrected chi connectivity index (χ1v) is 11.1. The number of benzene rings is 2. The molecule has 2 N–H and O–H groups in total. The van der Waals surface area contributed by atoms with E-state index in [4.69, 9.17) is 11.6 Å². The minimum absolute atomic E-state index is 0.0326. The number of phenols is 1. The van der Waals surface area contributed by atoms with Crippen LogP contribution in [0.15, 0.2) is 42.5 Å². The van der Waals surface area contributed by atoms with E-state index in [1.54, 1.807) is 0 Å². The van der Waals surface area contributed by atoms with Crippen LogP contribution < -0.4 is 5.32 Å². The predicted molar refractivity (Wildman–Crippen MR) is 120 cm³/mol. The molecule has 2 atom stereocenters. The lowest BCUT2D eigenvalue weighted by Gasteiger charge is -2.19.